The maximum absolute atomic E-state index is 11.7. The first kappa shape index (κ1) is 17.7. The van der Waals surface area contributed by atoms with E-state index in [2.05, 4.69) is 15.5 Å². The summed E-state index contributed by atoms with van der Waals surface area (Å²) in [5, 5.41) is 6.17. The van der Waals surface area contributed by atoms with E-state index in [9.17, 15) is 9.59 Å². The van der Waals surface area contributed by atoms with Gasteiger partial charge in [-0.05, 0) is 30.5 Å². The zero-order chi connectivity index (χ0) is 16.7. The summed E-state index contributed by atoms with van der Waals surface area (Å²) in [5.41, 5.74) is 6.41. The third kappa shape index (κ3) is 6.17. The highest BCUT2D eigenvalue weighted by molar-refractivity contribution is 6.30. The number of nitrogens with one attached hydrogen (secondary N) is 2. The molecule has 2 rings (SSSR count). The molecular formula is C16H23ClN4O2. The Morgan fingerprint density at radius 3 is 2.43 bits per heavy atom. The topological polar surface area (TPSA) is 87.5 Å². The average molecular weight is 339 g/mol. The van der Waals surface area contributed by atoms with Crippen LogP contribution in [0.15, 0.2) is 24.3 Å². The van der Waals surface area contributed by atoms with Gasteiger partial charge in [0.1, 0.15) is 0 Å². The number of benzene rings is 1. The molecule has 1 aliphatic heterocycles. The summed E-state index contributed by atoms with van der Waals surface area (Å²) in [5.74, 6) is -0.485. The number of amides is 2. The Kier molecular flexibility index (Phi) is 6.83. The van der Waals surface area contributed by atoms with Crippen molar-refractivity contribution in [1.82, 2.24) is 15.5 Å². The Labute approximate surface area is 141 Å². The molecule has 4 N–H and O–H groups in total. The maximum atomic E-state index is 11.7. The Morgan fingerprint density at radius 1 is 1.17 bits per heavy atom. The van der Waals surface area contributed by atoms with E-state index < -0.39 is 0 Å². The second-order valence-corrected chi connectivity index (χ2v) is 6.16. The lowest BCUT2D eigenvalue weighted by Crippen LogP contribution is -2.47. The Morgan fingerprint density at radius 2 is 1.83 bits per heavy atom. The molecule has 0 unspecified atom stereocenters. The fraction of sp³-hybridized carbons (Fsp3) is 0.500. The number of hydrogen-bond acceptors (Lipinski definition) is 4. The van der Waals surface area contributed by atoms with Crippen molar-refractivity contribution in [2.45, 2.75) is 25.4 Å². The number of nitrogens with two attached hydrogens (primary N) is 1. The lowest BCUT2D eigenvalue weighted by atomic mass is 10.0. The highest BCUT2D eigenvalue weighted by atomic mass is 35.5. The summed E-state index contributed by atoms with van der Waals surface area (Å²) < 4.78 is 0. The third-order valence-electron chi connectivity index (χ3n) is 3.90. The fourth-order valence-corrected chi connectivity index (χ4v) is 2.74. The minimum absolute atomic E-state index is 0.0129. The van der Waals surface area contributed by atoms with Crippen LogP contribution in [0.4, 0.5) is 0 Å². The largest absolute Gasteiger partial charge is 0.352 e. The van der Waals surface area contributed by atoms with Crippen LogP contribution in [0.2, 0.25) is 5.02 Å². The smallest absolute Gasteiger partial charge is 0.239 e. The summed E-state index contributed by atoms with van der Waals surface area (Å²) in [7, 11) is 0. The lowest BCUT2D eigenvalue weighted by Gasteiger charge is -2.32. The minimum atomic E-state index is -0.321. The van der Waals surface area contributed by atoms with Gasteiger partial charge in [-0.3, -0.25) is 14.5 Å². The van der Waals surface area contributed by atoms with Gasteiger partial charge >= 0.3 is 0 Å². The van der Waals surface area contributed by atoms with Crippen molar-refractivity contribution in [2.24, 2.45) is 5.73 Å². The van der Waals surface area contributed by atoms with Gasteiger partial charge in [-0.2, -0.15) is 0 Å². The number of rotatable bonds is 6. The van der Waals surface area contributed by atoms with Crippen LogP contribution in [0.3, 0.4) is 0 Å². The minimum Gasteiger partial charge on any atom is -0.352 e. The second kappa shape index (κ2) is 8.86. The van der Waals surface area contributed by atoms with Crippen molar-refractivity contribution in [3.63, 3.8) is 0 Å². The van der Waals surface area contributed by atoms with E-state index in [1.807, 2.05) is 24.3 Å². The molecule has 126 valence electrons. The van der Waals surface area contributed by atoms with E-state index >= 15 is 0 Å². The summed E-state index contributed by atoms with van der Waals surface area (Å²) in [6.07, 6.45) is 1.81. The van der Waals surface area contributed by atoms with Crippen molar-refractivity contribution < 1.29 is 9.59 Å². The van der Waals surface area contributed by atoms with Crippen LogP contribution >= 0.6 is 11.6 Å². The van der Waals surface area contributed by atoms with E-state index in [4.69, 9.17) is 17.3 Å². The molecule has 1 heterocycles. The molecule has 1 aliphatic rings. The van der Waals surface area contributed by atoms with Crippen molar-refractivity contribution >= 4 is 23.4 Å². The molecule has 7 heteroatoms. The van der Waals surface area contributed by atoms with Crippen molar-refractivity contribution in [3.05, 3.63) is 34.9 Å². The molecule has 1 aromatic carbocycles. The number of nitrogens with zero attached hydrogens (tertiary/aromatic N) is 1. The molecule has 0 bridgehead atoms. The monoisotopic (exact) mass is 338 g/mol. The molecular weight excluding hydrogens is 316 g/mol. The van der Waals surface area contributed by atoms with Crippen LogP contribution in [0.25, 0.3) is 0 Å². The molecule has 0 radical (unpaired) electrons. The first-order valence-corrected chi connectivity index (χ1v) is 8.17. The van der Waals surface area contributed by atoms with Crippen molar-refractivity contribution in [3.8, 4) is 0 Å². The first-order chi connectivity index (χ1) is 11.1. The van der Waals surface area contributed by atoms with Gasteiger partial charge in [0.2, 0.25) is 11.8 Å². The molecule has 1 fully saturated rings. The molecule has 0 spiro atoms. The highest BCUT2D eigenvalue weighted by Gasteiger charge is 2.20. The molecule has 0 atom stereocenters. The normalized spacial score (nSPS) is 16.1. The zero-order valence-electron chi connectivity index (χ0n) is 13.1. The SMILES string of the molecule is NCC(=O)NCC(=O)NC1CCN(Cc2ccc(Cl)cc2)CC1. The summed E-state index contributed by atoms with van der Waals surface area (Å²) in [6.45, 7) is 2.65. The van der Waals surface area contributed by atoms with E-state index in [1.165, 1.54) is 5.56 Å². The van der Waals surface area contributed by atoms with Crippen LogP contribution in [-0.2, 0) is 16.1 Å². The van der Waals surface area contributed by atoms with Crippen molar-refractivity contribution in [1.29, 1.82) is 0 Å². The quantitative estimate of drug-likeness (QED) is 0.704. The van der Waals surface area contributed by atoms with Crippen molar-refractivity contribution in [2.75, 3.05) is 26.2 Å². The van der Waals surface area contributed by atoms with E-state index in [-0.39, 0.29) is 30.9 Å². The van der Waals surface area contributed by atoms with E-state index in [1.54, 1.807) is 0 Å². The first-order valence-electron chi connectivity index (χ1n) is 7.79. The maximum Gasteiger partial charge on any atom is 0.239 e. The molecule has 1 saturated heterocycles. The van der Waals surface area contributed by atoms with Gasteiger partial charge in [0.15, 0.2) is 0 Å². The number of hydrogen-bond donors (Lipinski definition) is 3. The molecule has 0 saturated carbocycles. The van der Waals surface area contributed by atoms with Gasteiger partial charge in [0.25, 0.3) is 0 Å². The molecule has 1 aromatic rings. The molecule has 0 aromatic heterocycles. The Balaban J connectivity index is 1.68. The third-order valence-corrected chi connectivity index (χ3v) is 4.16. The zero-order valence-corrected chi connectivity index (χ0v) is 13.8. The number of likely N-dealkylation sites (tertiary alicyclic amines) is 1. The van der Waals surface area contributed by atoms with E-state index in [0.29, 0.717) is 0 Å². The van der Waals surface area contributed by atoms with Gasteiger partial charge in [-0.1, -0.05) is 23.7 Å². The van der Waals surface area contributed by atoms with Gasteiger partial charge in [-0.15, -0.1) is 0 Å². The van der Waals surface area contributed by atoms with Gasteiger partial charge < -0.3 is 16.4 Å². The van der Waals surface area contributed by atoms with E-state index in [0.717, 1.165) is 37.5 Å². The van der Waals surface area contributed by atoms with Crippen LogP contribution in [0.5, 0.6) is 0 Å². The predicted molar refractivity (Wildman–Crippen MR) is 90.0 cm³/mol. The fourth-order valence-electron chi connectivity index (χ4n) is 2.61. The summed E-state index contributed by atoms with van der Waals surface area (Å²) in [6, 6.07) is 8.05. The number of halogens is 1. The highest BCUT2D eigenvalue weighted by Crippen LogP contribution is 2.15. The molecule has 0 aliphatic carbocycles. The molecule has 2 amide bonds. The lowest BCUT2D eigenvalue weighted by molar-refractivity contribution is -0.125. The van der Waals surface area contributed by atoms with Crippen LogP contribution in [0.1, 0.15) is 18.4 Å². The number of carbonyl (C=O) groups is 2. The average Bonchev–Trinajstić information content (AvgIpc) is 2.56. The number of carbonyl (C=O) groups excluding carboxylic acids is 2. The standard InChI is InChI=1S/C16H23ClN4O2/c17-13-3-1-12(2-4-13)11-21-7-5-14(6-8-21)20-16(23)10-19-15(22)9-18/h1-4,14H,5-11,18H2,(H,19,22)(H,20,23). The molecule has 23 heavy (non-hydrogen) atoms. The van der Waals surface area contributed by atoms with Gasteiger partial charge in [-0.25, -0.2) is 0 Å². The van der Waals surface area contributed by atoms with Crippen LogP contribution < -0.4 is 16.4 Å². The second-order valence-electron chi connectivity index (χ2n) is 5.73. The van der Waals surface area contributed by atoms with Crippen LogP contribution in [-0.4, -0.2) is 48.9 Å². The summed E-state index contributed by atoms with van der Waals surface area (Å²) in [4.78, 5) is 25.1. The molecule has 6 nitrogen and oxygen atoms in total. The Bertz CT molecular complexity index is 527. The Hall–Kier alpha value is -1.63. The van der Waals surface area contributed by atoms with Gasteiger partial charge in [0.05, 0.1) is 13.1 Å². The predicted octanol–water partition coefficient (Wildman–Crippen LogP) is 0.496. The van der Waals surface area contributed by atoms with Crippen LogP contribution in [0, 0.1) is 0 Å². The van der Waals surface area contributed by atoms with Gasteiger partial charge in [0, 0.05) is 30.7 Å². The number of piperidine rings is 1. The summed E-state index contributed by atoms with van der Waals surface area (Å²) >= 11 is 5.89.